The lowest BCUT2D eigenvalue weighted by Gasteiger charge is -2.08. The van der Waals surface area contributed by atoms with E-state index in [0.717, 1.165) is 11.1 Å². The summed E-state index contributed by atoms with van der Waals surface area (Å²) in [4.78, 5) is 16.0. The first-order chi connectivity index (χ1) is 12.5. The minimum Gasteiger partial charge on any atom is -0.504 e. The van der Waals surface area contributed by atoms with Gasteiger partial charge in [0.15, 0.2) is 17.3 Å². The zero-order valence-electron chi connectivity index (χ0n) is 14.0. The second-order valence-electron chi connectivity index (χ2n) is 5.97. The number of rotatable bonds is 3. The molecule has 0 spiro atoms. The largest absolute Gasteiger partial charge is 0.504 e. The summed E-state index contributed by atoms with van der Waals surface area (Å²) >= 11 is 0. The number of benzene rings is 2. The number of H-pyrrole nitrogens is 1. The minimum absolute atomic E-state index is 0.0187. The number of aryl methyl sites for hydroxylation is 1. The molecule has 4 rings (SSSR count). The Morgan fingerprint density at radius 1 is 1.12 bits per heavy atom. The van der Waals surface area contributed by atoms with E-state index in [9.17, 15) is 5.11 Å². The fourth-order valence-electron chi connectivity index (χ4n) is 2.88. The average Bonchev–Trinajstić information content (AvgIpc) is 3.05. The Balaban J connectivity index is 1.86. The highest BCUT2D eigenvalue weighted by atomic mass is 16.3. The number of aromatic hydroxyl groups is 1. The third-order valence-electron chi connectivity index (χ3n) is 4.24. The first-order valence-electron chi connectivity index (χ1n) is 7.99. The Bertz CT molecular complexity index is 1150. The first kappa shape index (κ1) is 15.8. The van der Waals surface area contributed by atoms with Crippen molar-refractivity contribution in [3.05, 3.63) is 59.9 Å². The van der Waals surface area contributed by atoms with E-state index >= 15 is 0 Å². The topological polar surface area (TPSA) is 125 Å². The molecule has 0 bridgehead atoms. The summed E-state index contributed by atoms with van der Waals surface area (Å²) in [6.45, 7) is 1.96. The molecule has 4 aromatic rings. The molecule has 0 aliphatic rings. The van der Waals surface area contributed by atoms with Gasteiger partial charge in [0.2, 0.25) is 0 Å². The number of imidazole rings is 1. The number of hydrogen-bond acceptors (Lipinski definition) is 5. The highest BCUT2D eigenvalue weighted by Gasteiger charge is 2.17. The Hall–Kier alpha value is -3.74. The predicted molar refractivity (Wildman–Crippen MR) is 100.0 cm³/mol. The van der Waals surface area contributed by atoms with Crippen LogP contribution in [0.25, 0.3) is 33.8 Å². The summed E-state index contributed by atoms with van der Waals surface area (Å²) in [7, 11) is 0. The molecule has 0 aliphatic carbocycles. The van der Waals surface area contributed by atoms with E-state index in [4.69, 9.17) is 11.1 Å². The predicted octanol–water partition coefficient (Wildman–Crippen LogP) is 2.98. The summed E-state index contributed by atoms with van der Waals surface area (Å²) in [6, 6.07) is 12.9. The SMILES string of the molecule is Cc1ccccc1-c1ncnc(-c2nc3ccc(C(=N)N)cc3[nH]2)c1O. The van der Waals surface area contributed by atoms with Crippen LogP contribution in [0.3, 0.4) is 0 Å². The monoisotopic (exact) mass is 344 g/mol. The van der Waals surface area contributed by atoms with Gasteiger partial charge in [0.25, 0.3) is 0 Å². The Morgan fingerprint density at radius 3 is 2.65 bits per heavy atom. The summed E-state index contributed by atoms with van der Waals surface area (Å²) in [5.74, 6) is 0.373. The molecule has 0 saturated heterocycles. The lowest BCUT2D eigenvalue weighted by atomic mass is 10.0. The van der Waals surface area contributed by atoms with E-state index < -0.39 is 0 Å². The van der Waals surface area contributed by atoms with Crippen molar-refractivity contribution in [1.82, 2.24) is 19.9 Å². The Labute approximate surface area is 149 Å². The van der Waals surface area contributed by atoms with Crippen LogP contribution in [0.5, 0.6) is 5.75 Å². The highest BCUT2D eigenvalue weighted by molar-refractivity contribution is 5.98. The van der Waals surface area contributed by atoms with Crippen LogP contribution in [0.15, 0.2) is 48.8 Å². The highest BCUT2D eigenvalue weighted by Crippen LogP contribution is 2.35. The van der Waals surface area contributed by atoms with E-state index in [0.29, 0.717) is 33.8 Å². The van der Waals surface area contributed by atoms with Crippen molar-refractivity contribution in [2.45, 2.75) is 6.92 Å². The second-order valence-corrected chi connectivity index (χ2v) is 5.97. The second kappa shape index (κ2) is 5.96. The van der Waals surface area contributed by atoms with E-state index in [-0.39, 0.29) is 11.6 Å². The number of nitrogens with zero attached hydrogens (tertiary/aromatic N) is 3. The van der Waals surface area contributed by atoms with Crippen LogP contribution in [0.4, 0.5) is 0 Å². The Kier molecular flexibility index (Phi) is 3.62. The Morgan fingerprint density at radius 2 is 1.88 bits per heavy atom. The fraction of sp³-hybridized carbons (Fsp3) is 0.0526. The van der Waals surface area contributed by atoms with Gasteiger partial charge in [0, 0.05) is 11.1 Å². The number of aromatic amines is 1. The van der Waals surface area contributed by atoms with Crippen molar-refractivity contribution in [2.75, 3.05) is 0 Å². The molecule has 0 amide bonds. The van der Waals surface area contributed by atoms with E-state index in [2.05, 4.69) is 19.9 Å². The zero-order chi connectivity index (χ0) is 18.3. The molecule has 7 heteroatoms. The normalized spacial score (nSPS) is 11.0. The maximum Gasteiger partial charge on any atom is 0.171 e. The van der Waals surface area contributed by atoms with Crippen LogP contribution in [0.2, 0.25) is 0 Å². The van der Waals surface area contributed by atoms with E-state index in [1.807, 2.05) is 31.2 Å². The number of nitrogen functional groups attached to an aromatic ring is 1. The van der Waals surface area contributed by atoms with Gasteiger partial charge >= 0.3 is 0 Å². The number of nitrogens with one attached hydrogen (secondary N) is 2. The molecule has 128 valence electrons. The molecule has 2 heterocycles. The van der Waals surface area contributed by atoms with Gasteiger partial charge in [-0.15, -0.1) is 0 Å². The lowest BCUT2D eigenvalue weighted by molar-refractivity contribution is 0.474. The molecule has 0 aliphatic heterocycles. The molecule has 2 aromatic carbocycles. The maximum atomic E-state index is 10.7. The number of hydrogen-bond donors (Lipinski definition) is 4. The van der Waals surface area contributed by atoms with Gasteiger partial charge in [-0.1, -0.05) is 24.3 Å². The van der Waals surface area contributed by atoms with Crippen molar-refractivity contribution >= 4 is 16.9 Å². The third-order valence-corrected chi connectivity index (χ3v) is 4.24. The summed E-state index contributed by atoms with van der Waals surface area (Å²) in [6.07, 6.45) is 1.41. The molecular formula is C19H16N6O. The van der Waals surface area contributed by atoms with Gasteiger partial charge < -0.3 is 15.8 Å². The minimum atomic E-state index is -0.0346. The van der Waals surface area contributed by atoms with Crippen LogP contribution < -0.4 is 5.73 Å². The van der Waals surface area contributed by atoms with Gasteiger partial charge in [-0.25, -0.2) is 15.0 Å². The third kappa shape index (κ3) is 2.55. The van der Waals surface area contributed by atoms with Crippen LogP contribution in [0, 0.1) is 12.3 Å². The average molecular weight is 344 g/mol. The van der Waals surface area contributed by atoms with Gasteiger partial charge in [0.05, 0.1) is 11.0 Å². The molecule has 0 radical (unpaired) electrons. The smallest absolute Gasteiger partial charge is 0.171 e. The molecule has 2 aromatic heterocycles. The van der Waals surface area contributed by atoms with Gasteiger partial charge in [-0.05, 0) is 30.7 Å². The zero-order valence-corrected chi connectivity index (χ0v) is 14.0. The lowest BCUT2D eigenvalue weighted by Crippen LogP contribution is -2.10. The van der Waals surface area contributed by atoms with E-state index in [1.165, 1.54) is 6.33 Å². The van der Waals surface area contributed by atoms with Crippen molar-refractivity contribution in [2.24, 2.45) is 5.73 Å². The van der Waals surface area contributed by atoms with Crippen molar-refractivity contribution in [1.29, 1.82) is 5.41 Å². The molecule has 0 saturated carbocycles. The summed E-state index contributed by atoms with van der Waals surface area (Å²) < 4.78 is 0. The fourth-order valence-corrected chi connectivity index (χ4v) is 2.88. The van der Waals surface area contributed by atoms with Crippen LogP contribution in [0.1, 0.15) is 11.1 Å². The van der Waals surface area contributed by atoms with Gasteiger partial charge in [-0.3, -0.25) is 5.41 Å². The molecular weight excluding hydrogens is 328 g/mol. The quantitative estimate of drug-likeness (QED) is 0.336. The molecule has 26 heavy (non-hydrogen) atoms. The van der Waals surface area contributed by atoms with Crippen LogP contribution in [-0.4, -0.2) is 30.9 Å². The van der Waals surface area contributed by atoms with Crippen molar-refractivity contribution < 1.29 is 5.11 Å². The van der Waals surface area contributed by atoms with Crippen molar-refractivity contribution in [3.8, 4) is 28.5 Å². The summed E-state index contributed by atoms with van der Waals surface area (Å²) in [5.41, 5.74) is 10.2. The van der Waals surface area contributed by atoms with Crippen LogP contribution >= 0.6 is 0 Å². The molecule has 0 unspecified atom stereocenters. The maximum absolute atomic E-state index is 10.7. The van der Waals surface area contributed by atoms with Gasteiger partial charge in [-0.2, -0.15) is 0 Å². The number of fused-ring (bicyclic) bond motifs is 1. The molecule has 0 atom stereocenters. The van der Waals surface area contributed by atoms with Gasteiger partial charge in [0.1, 0.15) is 17.9 Å². The van der Waals surface area contributed by atoms with E-state index in [1.54, 1.807) is 18.2 Å². The summed E-state index contributed by atoms with van der Waals surface area (Å²) in [5, 5.41) is 18.3. The number of aromatic nitrogens is 4. The molecule has 0 fully saturated rings. The first-order valence-corrected chi connectivity index (χ1v) is 7.99. The number of nitrogens with two attached hydrogens (primary N) is 1. The standard InChI is InChI=1S/C19H16N6O/c1-10-4-2-3-5-12(10)15-17(26)16(23-9-22-15)19-24-13-7-6-11(18(20)21)8-14(13)25-19/h2-9,26H,1H3,(H3,20,21)(H,24,25). The number of amidine groups is 1. The molecule has 5 N–H and O–H groups in total. The van der Waals surface area contributed by atoms with Crippen molar-refractivity contribution in [3.63, 3.8) is 0 Å². The molecule has 7 nitrogen and oxygen atoms in total. The van der Waals surface area contributed by atoms with Crippen LogP contribution in [-0.2, 0) is 0 Å².